The van der Waals surface area contributed by atoms with E-state index in [2.05, 4.69) is 41.0 Å². The molecule has 0 aliphatic heterocycles. The number of hydrogen-bond acceptors (Lipinski definition) is 4. The van der Waals surface area contributed by atoms with E-state index in [0.29, 0.717) is 5.92 Å². The van der Waals surface area contributed by atoms with Crippen LogP contribution in [0.25, 0.3) is 0 Å². The molecule has 1 aliphatic carbocycles. The Bertz CT molecular complexity index is 416. The van der Waals surface area contributed by atoms with Crippen molar-refractivity contribution >= 4 is 0 Å². The molecule has 1 N–H and O–H groups in total. The first kappa shape index (κ1) is 15.3. The highest BCUT2D eigenvalue weighted by Crippen LogP contribution is 2.45. The quantitative estimate of drug-likeness (QED) is 0.785. The number of ether oxygens (including phenoxy) is 1. The molecule has 0 spiro atoms. The summed E-state index contributed by atoms with van der Waals surface area (Å²) in [6.07, 6.45) is 4.42. The average molecular weight is 280 g/mol. The number of hydrogen-bond donors (Lipinski definition) is 1. The topological polar surface area (TPSA) is 42.3 Å². The molecule has 1 aliphatic rings. The lowest BCUT2D eigenvalue weighted by Crippen LogP contribution is -2.35. The zero-order valence-electron chi connectivity index (χ0n) is 13.2. The number of nitrogens with one attached hydrogen (secondary N) is 1. The van der Waals surface area contributed by atoms with Gasteiger partial charge in [-0.2, -0.15) is 5.10 Å². The number of aromatic nitrogens is 2. The molecule has 1 heterocycles. The van der Waals surface area contributed by atoms with Crippen LogP contribution in [-0.2, 0) is 6.54 Å². The van der Waals surface area contributed by atoms with Gasteiger partial charge in [0.15, 0.2) is 5.75 Å². The van der Waals surface area contributed by atoms with Crippen molar-refractivity contribution in [2.45, 2.75) is 32.2 Å². The molecule has 20 heavy (non-hydrogen) atoms. The second-order valence-corrected chi connectivity index (χ2v) is 5.88. The summed E-state index contributed by atoms with van der Waals surface area (Å²) >= 11 is 0. The predicted octanol–water partition coefficient (Wildman–Crippen LogP) is 1.56. The highest BCUT2D eigenvalue weighted by Gasteiger charge is 2.36. The van der Waals surface area contributed by atoms with Gasteiger partial charge in [-0.25, -0.2) is 0 Å². The van der Waals surface area contributed by atoms with Gasteiger partial charge in [-0.05, 0) is 45.9 Å². The van der Waals surface area contributed by atoms with Gasteiger partial charge in [-0.1, -0.05) is 6.92 Å². The molecule has 1 aromatic rings. The lowest BCUT2D eigenvalue weighted by atomic mass is 9.71. The molecule has 5 heteroatoms. The fourth-order valence-electron chi connectivity index (χ4n) is 2.89. The second kappa shape index (κ2) is 7.09. The van der Waals surface area contributed by atoms with E-state index in [1.54, 1.807) is 7.11 Å². The monoisotopic (exact) mass is 280 g/mol. The molecular formula is C15H28N4O. The van der Waals surface area contributed by atoms with E-state index in [-0.39, 0.29) is 0 Å². The minimum atomic E-state index is 0.591. The first-order valence-electron chi connectivity index (χ1n) is 7.62. The SMILES string of the molecule is CCNCC1CCC1c1c(OC)cnn1CCN(C)C. The first-order valence-corrected chi connectivity index (χ1v) is 7.62. The molecule has 2 rings (SSSR count). The standard InChI is InChI=1S/C15H28N4O/c1-5-16-10-12-6-7-13(12)15-14(20-4)11-17-19(15)9-8-18(2)3/h11-13,16H,5-10H2,1-4H3. The largest absolute Gasteiger partial charge is 0.493 e. The van der Waals surface area contributed by atoms with Crippen molar-refractivity contribution in [3.05, 3.63) is 11.9 Å². The minimum absolute atomic E-state index is 0.591. The first-order chi connectivity index (χ1) is 9.67. The molecule has 2 unspecified atom stereocenters. The van der Waals surface area contributed by atoms with Crippen molar-refractivity contribution in [3.63, 3.8) is 0 Å². The third-order valence-corrected chi connectivity index (χ3v) is 4.25. The van der Waals surface area contributed by atoms with E-state index in [9.17, 15) is 0 Å². The van der Waals surface area contributed by atoms with Crippen molar-refractivity contribution in [2.24, 2.45) is 5.92 Å². The summed E-state index contributed by atoms with van der Waals surface area (Å²) in [7, 11) is 5.93. The molecule has 1 saturated carbocycles. The van der Waals surface area contributed by atoms with Gasteiger partial charge in [0, 0.05) is 12.5 Å². The lowest BCUT2D eigenvalue weighted by molar-refractivity contribution is 0.226. The Morgan fingerprint density at radius 1 is 1.45 bits per heavy atom. The van der Waals surface area contributed by atoms with Crippen LogP contribution in [0.15, 0.2) is 6.20 Å². The van der Waals surface area contributed by atoms with E-state index < -0.39 is 0 Å². The average Bonchev–Trinajstić information content (AvgIpc) is 2.78. The van der Waals surface area contributed by atoms with Crippen molar-refractivity contribution in [2.75, 3.05) is 40.8 Å². The van der Waals surface area contributed by atoms with Crippen LogP contribution < -0.4 is 10.1 Å². The van der Waals surface area contributed by atoms with E-state index in [1.807, 2.05) is 6.20 Å². The second-order valence-electron chi connectivity index (χ2n) is 5.88. The molecule has 0 aromatic carbocycles. The van der Waals surface area contributed by atoms with Crippen LogP contribution in [0.5, 0.6) is 5.75 Å². The fourth-order valence-corrected chi connectivity index (χ4v) is 2.89. The molecule has 1 aromatic heterocycles. The Labute approximate surface area is 122 Å². The van der Waals surface area contributed by atoms with Gasteiger partial charge in [-0.3, -0.25) is 4.68 Å². The van der Waals surface area contributed by atoms with Crippen LogP contribution in [0.3, 0.4) is 0 Å². The van der Waals surface area contributed by atoms with Gasteiger partial charge in [-0.15, -0.1) is 0 Å². The summed E-state index contributed by atoms with van der Waals surface area (Å²) in [5.74, 6) is 2.27. The van der Waals surface area contributed by atoms with Gasteiger partial charge in [0.1, 0.15) is 0 Å². The Hall–Kier alpha value is -1.07. The van der Waals surface area contributed by atoms with Crippen LogP contribution >= 0.6 is 0 Å². The van der Waals surface area contributed by atoms with E-state index >= 15 is 0 Å². The summed E-state index contributed by atoms with van der Waals surface area (Å²) in [6, 6.07) is 0. The minimum Gasteiger partial charge on any atom is -0.493 e. The van der Waals surface area contributed by atoms with Crippen molar-refractivity contribution in [1.82, 2.24) is 20.0 Å². The van der Waals surface area contributed by atoms with Crippen LogP contribution in [0, 0.1) is 5.92 Å². The van der Waals surface area contributed by atoms with E-state index in [0.717, 1.165) is 37.8 Å². The molecular weight excluding hydrogens is 252 g/mol. The Morgan fingerprint density at radius 2 is 2.25 bits per heavy atom. The fraction of sp³-hybridized carbons (Fsp3) is 0.800. The predicted molar refractivity (Wildman–Crippen MR) is 81.3 cm³/mol. The number of nitrogens with zero attached hydrogens (tertiary/aromatic N) is 3. The lowest BCUT2D eigenvalue weighted by Gasteiger charge is -2.37. The van der Waals surface area contributed by atoms with E-state index in [1.165, 1.54) is 18.5 Å². The normalized spacial score (nSPS) is 22.1. The van der Waals surface area contributed by atoms with Crippen molar-refractivity contribution in [3.8, 4) is 5.75 Å². The molecule has 114 valence electrons. The summed E-state index contributed by atoms with van der Waals surface area (Å²) in [5.41, 5.74) is 1.29. The molecule has 2 atom stereocenters. The van der Waals surface area contributed by atoms with Crippen LogP contribution in [-0.4, -0.2) is 55.5 Å². The Morgan fingerprint density at radius 3 is 2.80 bits per heavy atom. The number of likely N-dealkylation sites (N-methyl/N-ethyl adjacent to an activating group) is 1. The number of rotatable bonds is 8. The maximum absolute atomic E-state index is 5.53. The molecule has 0 radical (unpaired) electrons. The maximum atomic E-state index is 5.53. The molecule has 0 bridgehead atoms. The van der Waals surface area contributed by atoms with Crippen LogP contribution in [0.4, 0.5) is 0 Å². The number of methoxy groups -OCH3 is 1. The summed E-state index contributed by atoms with van der Waals surface area (Å²) in [5, 5.41) is 7.99. The summed E-state index contributed by atoms with van der Waals surface area (Å²) in [6.45, 7) is 6.23. The van der Waals surface area contributed by atoms with Crippen LogP contribution in [0.2, 0.25) is 0 Å². The van der Waals surface area contributed by atoms with Crippen molar-refractivity contribution < 1.29 is 4.74 Å². The maximum Gasteiger partial charge on any atom is 0.160 e. The van der Waals surface area contributed by atoms with Gasteiger partial charge in [0.25, 0.3) is 0 Å². The Balaban J connectivity index is 2.10. The zero-order valence-corrected chi connectivity index (χ0v) is 13.2. The van der Waals surface area contributed by atoms with Crippen molar-refractivity contribution in [1.29, 1.82) is 0 Å². The highest BCUT2D eigenvalue weighted by atomic mass is 16.5. The highest BCUT2D eigenvalue weighted by molar-refractivity contribution is 5.31. The Kier molecular flexibility index (Phi) is 5.43. The molecule has 1 fully saturated rings. The molecule has 0 saturated heterocycles. The molecule has 5 nitrogen and oxygen atoms in total. The van der Waals surface area contributed by atoms with Gasteiger partial charge in [0.2, 0.25) is 0 Å². The van der Waals surface area contributed by atoms with Crippen LogP contribution in [0.1, 0.15) is 31.4 Å². The van der Waals surface area contributed by atoms with Gasteiger partial charge >= 0.3 is 0 Å². The summed E-state index contributed by atoms with van der Waals surface area (Å²) in [4.78, 5) is 2.19. The third-order valence-electron chi connectivity index (χ3n) is 4.25. The van der Waals surface area contributed by atoms with Gasteiger partial charge in [0.05, 0.1) is 25.5 Å². The van der Waals surface area contributed by atoms with Gasteiger partial charge < -0.3 is 15.0 Å². The summed E-state index contributed by atoms with van der Waals surface area (Å²) < 4.78 is 7.67. The third kappa shape index (κ3) is 3.33. The molecule has 0 amide bonds. The van der Waals surface area contributed by atoms with E-state index in [4.69, 9.17) is 4.74 Å². The zero-order chi connectivity index (χ0) is 14.5. The smallest absolute Gasteiger partial charge is 0.160 e.